The molecule has 0 aromatic heterocycles. The molecule has 2 rings (SSSR count). The van der Waals surface area contributed by atoms with Gasteiger partial charge in [0.1, 0.15) is 6.04 Å². The van der Waals surface area contributed by atoms with E-state index in [1.165, 1.54) is 0 Å². The summed E-state index contributed by atoms with van der Waals surface area (Å²) in [5.41, 5.74) is 1.07. The van der Waals surface area contributed by atoms with Crippen LogP contribution < -0.4 is 10.6 Å². The van der Waals surface area contributed by atoms with Gasteiger partial charge in [0, 0.05) is 6.04 Å². The van der Waals surface area contributed by atoms with Crippen molar-refractivity contribution in [3.63, 3.8) is 0 Å². The first-order valence-corrected chi connectivity index (χ1v) is 6.49. The SMILES string of the molecule is O=C(NC1CC1)N[C@@H](CCc1ccccc1)C(=O)O. The van der Waals surface area contributed by atoms with Gasteiger partial charge in [-0.05, 0) is 31.2 Å². The fourth-order valence-electron chi connectivity index (χ4n) is 1.83. The number of urea groups is 1. The Morgan fingerprint density at radius 2 is 1.95 bits per heavy atom. The van der Waals surface area contributed by atoms with Crippen molar-refractivity contribution in [3.05, 3.63) is 35.9 Å². The van der Waals surface area contributed by atoms with Crippen LogP contribution in [0, 0.1) is 0 Å². The van der Waals surface area contributed by atoms with Crippen LogP contribution in [0.25, 0.3) is 0 Å². The Morgan fingerprint density at radius 1 is 1.26 bits per heavy atom. The molecule has 0 aliphatic heterocycles. The highest BCUT2D eigenvalue weighted by Crippen LogP contribution is 2.18. The smallest absolute Gasteiger partial charge is 0.326 e. The van der Waals surface area contributed by atoms with Crippen molar-refractivity contribution in [2.45, 2.75) is 37.8 Å². The molecule has 102 valence electrons. The van der Waals surface area contributed by atoms with Crippen molar-refractivity contribution < 1.29 is 14.7 Å². The Bertz CT molecular complexity index is 443. The quantitative estimate of drug-likeness (QED) is 0.727. The van der Waals surface area contributed by atoms with Crippen molar-refractivity contribution in [1.82, 2.24) is 10.6 Å². The number of rotatable bonds is 6. The summed E-state index contributed by atoms with van der Waals surface area (Å²) in [4.78, 5) is 22.6. The largest absolute Gasteiger partial charge is 0.480 e. The number of benzene rings is 1. The van der Waals surface area contributed by atoms with Gasteiger partial charge in [0.15, 0.2) is 0 Å². The number of nitrogens with one attached hydrogen (secondary N) is 2. The van der Waals surface area contributed by atoms with E-state index in [1.807, 2.05) is 30.3 Å². The van der Waals surface area contributed by atoms with Gasteiger partial charge in [-0.15, -0.1) is 0 Å². The first kappa shape index (κ1) is 13.4. The lowest BCUT2D eigenvalue weighted by molar-refractivity contribution is -0.139. The van der Waals surface area contributed by atoms with Crippen LogP contribution in [0.15, 0.2) is 30.3 Å². The molecule has 19 heavy (non-hydrogen) atoms. The summed E-state index contributed by atoms with van der Waals surface area (Å²) >= 11 is 0. The minimum atomic E-state index is -0.998. The van der Waals surface area contributed by atoms with Gasteiger partial charge in [0.25, 0.3) is 0 Å². The van der Waals surface area contributed by atoms with E-state index in [1.54, 1.807) is 0 Å². The highest BCUT2D eigenvalue weighted by atomic mass is 16.4. The summed E-state index contributed by atoms with van der Waals surface area (Å²) in [6, 6.07) is 8.63. The molecule has 1 aliphatic rings. The average Bonchev–Trinajstić information content (AvgIpc) is 3.19. The third-order valence-electron chi connectivity index (χ3n) is 3.08. The minimum Gasteiger partial charge on any atom is -0.480 e. The molecule has 5 heteroatoms. The molecule has 0 unspecified atom stereocenters. The summed E-state index contributed by atoms with van der Waals surface area (Å²) in [6.07, 6.45) is 2.98. The highest BCUT2D eigenvalue weighted by Gasteiger charge is 2.26. The monoisotopic (exact) mass is 262 g/mol. The molecule has 5 nitrogen and oxygen atoms in total. The van der Waals surface area contributed by atoms with Crippen LogP contribution >= 0.6 is 0 Å². The van der Waals surface area contributed by atoms with Crippen LogP contribution in [0.3, 0.4) is 0 Å². The molecule has 1 aromatic rings. The zero-order valence-electron chi connectivity index (χ0n) is 10.6. The fourth-order valence-corrected chi connectivity index (χ4v) is 1.83. The predicted octanol–water partition coefficient (Wildman–Crippen LogP) is 1.53. The van der Waals surface area contributed by atoms with Gasteiger partial charge in [-0.3, -0.25) is 0 Å². The molecule has 0 spiro atoms. The first-order chi connectivity index (χ1) is 9.15. The molecule has 1 aromatic carbocycles. The lowest BCUT2D eigenvalue weighted by Gasteiger charge is -2.15. The lowest BCUT2D eigenvalue weighted by atomic mass is 10.1. The number of carbonyl (C=O) groups excluding carboxylic acids is 1. The lowest BCUT2D eigenvalue weighted by Crippen LogP contribution is -2.46. The number of aliphatic carboxylic acids is 1. The van der Waals surface area contributed by atoms with Crippen LogP contribution in [0.1, 0.15) is 24.8 Å². The van der Waals surface area contributed by atoms with E-state index < -0.39 is 12.0 Å². The summed E-state index contributed by atoms with van der Waals surface area (Å²) in [7, 11) is 0. The average molecular weight is 262 g/mol. The zero-order chi connectivity index (χ0) is 13.7. The molecule has 1 saturated carbocycles. The normalized spacial score (nSPS) is 15.6. The standard InChI is InChI=1S/C14H18N2O3/c17-13(18)12(16-14(19)15-11-7-8-11)9-6-10-4-2-1-3-5-10/h1-5,11-12H,6-9H2,(H,17,18)(H2,15,16,19)/t12-/m0/s1. The summed E-state index contributed by atoms with van der Waals surface area (Å²) in [6.45, 7) is 0. The Morgan fingerprint density at radius 3 is 2.53 bits per heavy atom. The van der Waals surface area contributed by atoms with Crippen LogP contribution in [0.5, 0.6) is 0 Å². The van der Waals surface area contributed by atoms with Crippen molar-refractivity contribution >= 4 is 12.0 Å². The molecule has 3 N–H and O–H groups in total. The zero-order valence-corrected chi connectivity index (χ0v) is 10.6. The summed E-state index contributed by atoms with van der Waals surface area (Å²) in [5.74, 6) is -0.998. The van der Waals surface area contributed by atoms with E-state index in [9.17, 15) is 9.59 Å². The molecular formula is C14H18N2O3. The van der Waals surface area contributed by atoms with E-state index in [0.717, 1.165) is 18.4 Å². The number of hydrogen-bond donors (Lipinski definition) is 3. The molecule has 2 amide bonds. The van der Waals surface area contributed by atoms with Crippen LogP contribution in [0.4, 0.5) is 4.79 Å². The number of carboxylic acids is 1. The number of carboxylic acid groups (broad SMARTS) is 1. The van der Waals surface area contributed by atoms with E-state index in [2.05, 4.69) is 10.6 Å². The molecule has 1 aliphatic carbocycles. The van der Waals surface area contributed by atoms with Gasteiger partial charge in [-0.25, -0.2) is 9.59 Å². The van der Waals surface area contributed by atoms with Gasteiger partial charge in [-0.2, -0.15) is 0 Å². The summed E-state index contributed by atoms with van der Waals surface area (Å²) in [5, 5.41) is 14.3. The maximum atomic E-state index is 11.5. The molecule has 1 atom stereocenters. The van der Waals surface area contributed by atoms with Gasteiger partial charge in [-0.1, -0.05) is 30.3 Å². The minimum absolute atomic E-state index is 0.226. The number of amides is 2. The second-order valence-corrected chi connectivity index (χ2v) is 4.81. The van der Waals surface area contributed by atoms with Crippen molar-refractivity contribution in [2.24, 2.45) is 0 Å². The third-order valence-corrected chi connectivity index (χ3v) is 3.08. The molecule has 0 radical (unpaired) electrons. The van der Waals surface area contributed by atoms with Gasteiger partial charge < -0.3 is 15.7 Å². The Balaban J connectivity index is 1.81. The van der Waals surface area contributed by atoms with Crippen molar-refractivity contribution in [1.29, 1.82) is 0 Å². The topological polar surface area (TPSA) is 78.4 Å². The van der Waals surface area contributed by atoms with Crippen LogP contribution in [-0.2, 0) is 11.2 Å². The predicted molar refractivity (Wildman–Crippen MR) is 70.9 cm³/mol. The maximum Gasteiger partial charge on any atom is 0.326 e. The van der Waals surface area contributed by atoms with Crippen LogP contribution in [-0.4, -0.2) is 29.2 Å². The van der Waals surface area contributed by atoms with E-state index in [-0.39, 0.29) is 12.1 Å². The first-order valence-electron chi connectivity index (χ1n) is 6.49. The van der Waals surface area contributed by atoms with Crippen molar-refractivity contribution in [3.8, 4) is 0 Å². The van der Waals surface area contributed by atoms with Crippen LogP contribution in [0.2, 0.25) is 0 Å². The number of hydrogen-bond acceptors (Lipinski definition) is 2. The maximum absolute atomic E-state index is 11.5. The van der Waals surface area contributed by atoms with E-state index in [4.69, 9.17) is 5.11 Å². The third kappa shape index (κ3) is 4.62. The summed E-state index contributed by atoms with van der Waals surface area (Å²) < 4.78 is 0. The highest BCUT2D eigenvalue weighted by molar-refractivity contribution is 5.82. The Kier molecular flexibility index (Phi) is 4.39. The number of aryl methyl sites for hydroxylation is 1. The van der Waals surface area contributed by atoms with E-state index >= 15 is 0 Å². The van der Waals surface area contributed by atoms with Gasteiger partial charge >= 0.3 is 12.0 Å². The van der Waals surface area contributed by atoms with Gasteiger partial charge in [0.2, 0.25) is 0 Å². The number of carbonyl (C=O) groups is 2. The van der Waals surface area contributed by atoms with E-state index in [0.29, 0.717) is 12.8 Å². The van der Waals surface area contributed by atoms with Crippen molar-refractivity contribution in [2.75, 3.05) is 0 Å². The molecule has 0 saturated heterocycles. The van der Waals surface area contributed by atoms with Gasteiger partial charge in [0.05, 0.1) is 0 Å². The second-order valence-electron chi connectivity index (χ2n) is 4.81. The Hall–Kier alpha value is -2.04. The molecule has 1 fully saturated rings. The second kappa shape index (κ2) is 6.22. The molecular weight excluding hydrogens is 244 g/mol. The molecule has 0 bridgehead atoms. The molecule has 0 heterocycles. The fraction of sp³-hybridized carbons (Fsp3) is 0.429. The Labute approximate surface area is 112 Å².